The Morgan fingerprint density at radius 3 is 2.65 bits per heavy atom. The molecular formula is C19H31NO3. The van der Waals surface area contributed by atoms with Crippen LogP contribution in [0.2, 0.25) is 0 Å². The molecule has 130 valence electrons. The van der Waals surface area contributed by atoms with Gasteiger partial charge in [0.15, 0.2) is 0 Å². The molecule has 0 aliphatic rings. The normalized spacial score (nSPS) is 12.0. The quantitative estimate of drug-likeness (QED) is 0.617. The van der Waals surface area contributed by atoms with Crippen LogP contribution in [0, 0.1) is 0 Å². The van der Waals surface area contributed by atoms with Gasteiger partial charge in [0.2, 0.25) is 0 Å². The Morgan fingerprint density at radius 1 is 1.22 bits per heavy atom. The van der Waals surface area contributed by atoms with Crippen LogP contribution >= 0.6 is 0 Å². The average molecular weight is 321 g/mol. The van der Waals surface area contributed by atoms with Crippen LogP contribution < -0.4 is 10.1 Å². The first kappa shape index (κ1) is 19.5. The number of nitrogens with one attached hydrogen (secondary N) is 1. The van der Waals surface area contributed by atoms with Crippen LogP contribution in [0.25, 0.3) is 0 Å². The number of rotatable bonds is 11. The average Bonchev–Trinajstić information content (AvgIpc) is 2.53. The maximum absolute atomic E-state index is 12.3. The molecule has 1 aromatic carbocycles. The largest absolute Gasteiger partial charge is 0.494 e. The van der Waals surface area contributed by atoms with E-state index < -0.39 is 0 Å². The molecule has 0 bridgehead atoms. The van der Waals surface area contributed by atoms with Crippen LogP contribution in [-0.4, -0.2) is 25.2 Å². The van der Waals surface area contributed by atoms with Crippen molar-refractivity contribution in [2.45, 2.75) is 66.0 Å². The summed E-state index contributed by atoms with van der Waals surface area (Å²) in [5.41, 5.74) is 1.59. The molecule has 0 aromatic heterocycles. The molecule has 0 radical (unpaired) electrons. The fourth-order valence-electron chi connectivity index (χ4n) is 2.37. The van der Waals surface area contributed by atoms with Crippen molar-refractivity contribution in [3.63, 3.8) is 0 Å². The zero-order chi connectivity index (χ0) is 17.1. The molecular weight excluding hydrogens is 290 g/mol. The molecule has 4 nitrogen and oxygen atoms in total. The molecule has 0 spiro atoms. The predicted octanol–water partition coefficient (Wildman–Crippen LogP) is 4.32. The number of carbonyl (C=O) groups is 1. The second-order valence-corrected chi connectivity index (χ2v) is 5.82. The molecule has 0 aliphatic carbocycles. The monoisotopic (exact) mass is 321 g/mol. The highest BCUT2D eigenvalue weighted by Crippen LogP contribution is 2.21. The Labute approximate surface area is 140 Å². The highest BCUT2D eigenvalue weighted by Gasteiger charge is 2.12. The third kappa shape index (κ3) is 7.04. The van der Waals surface area contributed by atoms with Crippen molar-refractivity contribution < 1.29 is 14.3 Å². The molecule has 1 atom stereocenters. The molecule has 1 rings (SSSR count). The fourth-order valence-corrected chi connectivity index (χ4v) is 2.37. The number of carbonyl (C=O) groups excluding carboxylic acids is 1. The zero-order valence-corrected chi connectivity index (χ0v) is 15.0. The van der Waals surface area contributed by atoms with E-state index in [-0.39, 0.29) is 11.9 Å². The number of ether oxygens (including phenoxy) is 2. The zero-order valence-electron chi connectivity index (χ0n) is 15.0. The molecule has 0 saturated heterocycles. The van der Waals surface area contributed by atoms with Crippen LogP contribution in [0.4, 0.5) is 0 Å². The van der Waals surface area contributed by atoms with Crippen LogP contribution in [0.3, 0.4) is 0 Å². The number of hydrogen-bond donors (Lipinski definition) is 1. The third-order valence-corrected chi connectivity index (χ3v) is 3.62. The molecule has 0 heterocycles. The lowest BCUT2D eigenvalue weighted by Crippen LogP contribution is -2.32. The highest BCUT2D eigenvalue weighted by molar-refractivity contribution is 5.94. The summed E-state index contributed by atoms with van der Waals surface area (Å²) in [4.78, 5) is 12.3. The van der Waals surface area contributed by atoms with Crippen molar-refractivity contribution in [1.29, 1.82) is 0 Å². The fraction of sp³-hybridized carbons (Fsp3) is 0.632. The summed E-state index contributed by atoms with van der Waals surface area (Å²) < 4.78 is 11.3. The van der Waals surface area contributed by atoms with E-state index in [4.69, 9.17) is 9.47 Å². The van der Waals surface area contributed by atoms with Gasteiger partial charge in [-0.15, -0.1) is 0 Å². The Kier molecular flexibility index (Phi) is 9.37. The summed E-state index contributed by atoms with van der Waals surface area (Å²) in [6.07, 6.45) is 4.19. The molecule has 1 N–H and O–H groups in total. The van der Waals surface area contributed by atoms with Gasteiger partial charge in [-0.25, -0.2) is 0 Å². The summed E-state index contributed by atoms with van der Waals surface area (Å²) in [6, 6.07) is 5.74. The van der Waals surface area contributed by atoms with Gasteiger partial charge in [-0.2, -0.15) is 0 Å². The lowest BCUT2D eigenvalue weighted by Gasteiger charge is -2.15. The van der Waals surface area contributed by atoms with Crippen LogP contribution in [-0.2, 0) is 11.3 Å². The minimum absolute atomic E-state index is 0.0381. The maximum Gasteiger partial charge on any atom is 0.251 e. The van der Waals surface area contributed by atoms with Gasteiger partial charge in [-0.1, -0.05) is 26.7 Å². The summed E-state index contributed by atoms with van der Waals surface area (Å²) in [6.45, 7) is 10.0. The highest BCUT2D eigenvalue weighted by atomic mass is 16.5. The first-order valence-electron chi connectivity index (χ1n) is 8.76. The van der Waals surface area contributed by atoms with Crippen LogP contribution in [0.5, 0.6) is 5.75 Å². The van der Waals surface area contributed by atoms with Gasteiger partial charge in [0, 0.05) is 23.8 Å². The minimum atomic E-state index is -0.0381. The van der Waals surface area contributed by atoms with Gasteiger partial charge >= 0.3 is 0 Å². The Balaban J connectivity index is 2.78. The van der Waals surface area contributed by atoms with Crippen molar-refractivity contribution >= 4 is 5.91 Å². The second-order valence-electron chi connectivity index (χ2n) is 5.82. The number of amides is 1. The van der Waals surface area contributed by atoms with Gasteiger partial charge in [0.05, 0.1) is 13.2 Å². The van der Waals surface area contributed by atoms with Crippen molar-refractivity contribution in [2.24, 2.45) is 0 Å². The molecule has 1 aromatic rings. The van der Waals surface area contributed by atoms with Gasteiger partial charge in [-0.05, 0) is 44.9 Å². The molecule has 23 heavy (non-hydrogen) atoms. The maximum atomic E-state index is 12.3. The van der Waals surface area contributed by atoms with Gasteiger partial charge in [0.25, 0.3) is 5.91 Å². The van der Waals surface area contributed by atoms with Crippen LogP contribution in [0.1, 0.15) is 69.3 Å². The molecule has 4 heteroatoms. The Hall–Kier alpha value is -1.55. The van der Waals surface area contributed by atoms with Crippen LogP contribution in [0.15, 0.2) is 18.2 Å². The van der Waals surface area contributed by atoms with E-state index in [1.807, 2.05) is 32.0 Å². The number of benzene rings is 1. The first-order chi connectivity index (χ1) is 11.1. The van der Waals surface area contributed by atoms with E-state index in [0.29, 0.717) is 18.8 Å². The van der Waals surface area contributed by atoms with E-state index in [9.17, 15) is 4.79 Å². The van der Waals surface area contributed by atoms with Crippen molar-refractivity contribution in [3.05, 3.63) is 29.3 Å². The van der Waals surface area contributed by atoms with Crippen molar-refractivity contribution in [1.82, 2.24) is 5.32 Å². The molecule has 1 amide bonds. The van der Waals surface area contributed by atoms with E-state index in [0.717, 1.165) is 43.6 Å². The van der Waals surface area contributed by atoms with E-state index in [2.05, 4.69) is 19.2 Å². The second kappa shape index (κ2) is 11.1. The van der Waals surface area contributed by atoms with E-state index >= 15 is 0 Å². The van der Waals surface area contributed by atoms with Gasteiger partial charge in [-0.3, -0.25) is 4.79 Å². The standard InChI is InChI=1S/C19H31NO3/c1-5-8-12-22-14-17-13-16(10-11-18(17)23-7-3)19(21)20-15(4)9-6-2/h10-11,13,15H,5-9,12,14H2,1-4H3,(H,20,21)/t15-/m1/s1. The van der Waals surface area contributed by atoms with E-state index in [1.54, 1.807) is 0 Å². The minimum Gasteiger partial charge on any atom is -0.494 e. The summed E-state index contributed by atoms with van der Waals surface area (Å²) >= 11 is 0. The van der Waals surface area contributed by atoms with Crippen molar-refractivity contribution in [3.8, 4) is 5.75 Å². The number of hydrogen-bond acceptors (Lipinski definition) is 3. The summed E-state index contributed by atoms with van der Waals surface area (Å²) in [5, 5.41) is 3.03. The van der Waals surface area contributed by atoms with Gasteiger partial charge < -0.3 is 14.8 Å². The smallest absolute Gasteiger partial charge is 0.251 e. The van der Waals surface area contributed by atoms with E-state index in [1.165, 1.54) is 0 Å². The molecule has 0 fully saturated rings. The molecule has 0 unspecified atom stereocenters. The lowest BCUT2D eigenvalue weighted by molar-refractivity contribution is 0.0937. The summed E-state index contributed by atoms with van der Waals surface area (Å²) in [5.74, 6) is 0.756. The first-order valence-corrected chi connectivity index (χ1v) is 8.76. The topological polar surface area (TPSA) is 47.6 Å². The predicted molar refractivity (Wildman–Crippen MR) is 94.0 cm³/mol. The Bertz CT molecular complexity index is 474. The Morgan fingerprint density at radius 2 is 2.00 bits per heavy atom. The number of unbranched alkanes of at least 4 members (excludes halogenated alkanes) is 1. The third-order valence-electron chi connectivity index (χ3n) is 3.62. The summed E-state index contributed by atoms with van der Waals surface area (Å²) in [7, 11) is 0. The lowest BCUT2D eigenvalue weighted by atomic mass is 10.1. The van der Waals surface area contributed by atoms with Gasteiger partial charge in [0.1, 0.15) is 5.75 Å². The van der Waals surface area contributed by atoms with Crippen molar-refractivity contribution in [2.75, 3.05) is 13.2 Å². The molecule has 0 saturated carbocycles. The SMILES string of the molecule is CCCCOCc1cc(C(=O)N[C@H](C)CCC)ccc1OCC. The molecule has 0 aliphatic heterocycles.